The molecule has 3 aromatic rings. The first kappa shape index (κ1) is 16.5. The lowest BCUT2D eigenvalue weighted by Crippen LogP contribution is -2.29. The maximum Gasteiger partial charge on any atom is 0.346 e. The van der Waals surface area contributed by atoms with Crippen LogP contribution in [0.25, 0.3) is 11.0 Å². The predicted molar refractivity (Wildman–Crippen MR) is 92.9 cm³/mol. The van der Waals surface area contributed by atoms with Crippen LogP contribution in [0, 0.1) is 0 Å². The predicted octanol–water partition coefficient (Wildman–Crippen LogP) is 2.42. The number of fused-ring (bicyclic) bond motifs is 1. The van der Waals surface area contributed by atoms with E-state index in [1.165, 1.54) is 6.20 Å². The number of anilines is 1. The van der Waals surface area contributed by atoms with Gasteiger partial charge < -0.3 is 15.3 Å². The van der Waals surface area contributed by atoms with E-state index >= 15 is 0 Å². The van der Waals surface area contributed by atoms with Crippen LogP contribution in [0.4, 0.5) is 5.69 Å². The van der Waals surface area contributed by atoms with E-state index in [0.717, 1.165) is 5.56 Å². The standard InChI is InChI=1S/C18H17N3O4/c1-2-25-18(23)14-15(20-11-12-7-4-3-5-8-12)13-9-6-10-19-16(13)21(24)17(14)22/h3-10,20,24H,2,11H2,1H3. The molecule has 0 amide bonds. The van der Waals surface area contributed by atoms with E-state index < -0.39 is 11.5 Å². The van der Waals surface area contributed by atoms with Crippen LogP contribution in [0.1, 0.15) is 22.8 Å². The molecule has 0 saturated heterocycles. The van der Waals surface area contributed by atoms with Gasteiger partial charge in [-0.05, 0) is 24.6 Å². The quantitative estimate of drug-likeness (QED) is 0.548. The van der Waals surface area contributed by atoms with Crippen LogP contribution in [0.2, 0.25) is 0 Å². The number of aromatic nitrogens is 2. The highest BCUT2D eigenvalue weighted by atomic mass is 16.5. The molecule has 2 N–H and O–H groups in total. The van der Waals surface area contributed by atoms with Crippen LogP contribution >= 0.6 is 0 Å². The minimum Gasteiger partial charge on any atom is -0.462 e. The summed E-state index contributed by atoms with van der Waals surface area (Å²) in [5, 5.41) is 13.6. The van der Waals surface area contributed by atoms with Crippen LogP contribution in [-0.2, 0) is 11.3 Å². The van der Waals surface area contributed by atoms with Gasteiger partial charge in [0.2, 0.25) is 0 Å². The van der Waals surface area contributed by atoms with Gasteiger partial charge in [-0.1, -0.05) is 30.3 Å². The van der Waals surface area contributed by atoms with Gasteiger partial charge in [0, 0.05) is 18.1 Å². The third-order valence-corrected chi connectivity index (χ3v) is 3.70. The first-order valence-electron chi connectivity index (χ1n) is 7.81. The fraction of sp³-hybridized carbons (Fsp3) is 0.167. The topological polar surface area (TPSA) is 93.4 Å². The molecule has 0 atom stereocenters. The molecule has 0 aliphatic heterocycles. The summed E-state index contributed by atoms with van der Waals surface area (Å²) in [5.74, 6) is -0.795. The lowest BCUT2D eigenvalue weighted by Gasteiger charge is -2.15. The van der Waals surface area contributed by atoms with Gasteiger partial charge in [0.25, 0.3) is 0 Å². The minimum atomic E-state index is -0.875. The van der Waals surface area contributed by atoms with E-state index in [4.69, 9.17) is 4.74 Å². The fourth-order valence-electron chi connectivity index (χ4n) is 2.57. The largest absolute Gasteiger partial charge is 0.462 e. The van der Waals surface area contributed by atoms with E-state index in [-0.39, 0.29) is 17.8 Å². The number of carbonyl (C=O) groups excluding carboxylic acids is 1. The van der Waals surface area contributed by atoms with E-state index in [1.54, 1.807) is 19.1 Å². The summed E-state index contributed by atoms with van der Waals surface area (Å²) >= 11 is 0. The molecule has 0 radical (unpaired) electrons. The molecule has 2 heterocycles. The molecule has 0 unspecified atom stereocenters. The monoisotopic (exact) mass is 339 g/mol. The molecule has 25 heavy (non-hydrogen) atoms. The molecule has 0 aliphatic rings. The van der Waals surface area contributed by atoms with Crippen molar-refractivity contribution in [1.29, 1.82) is 0 Å². The molecule has 2 aromatic heterocycles. The number of hydrogen-bond acceptors (Lipinski definition) is 6. The highest BCUT2D eigenvalue weighted by Gasteiger charge is 2.24. The third-order valence-electron chi connectivity index (χ3n) is 3.70. The second kappa shape index (κ2) is 7.04. The maximum absolute atomic E-state index is 12.5. The van der Waals surface area contributed by atoms with Crippen LogP contribution in [0.3, 0.4) is 0 Å². The average Bonchev–Trinajstić information content (AvgIpc) is 2.64. The Kier molecular flexibility index (Phi) is 4.65. The molecule has 7 nitrogen and oxygen atoms in total. The Hall–Kier alpha value is -3.35. The number of pyridine rings is 2. The first-order valence-corrected chi connectivity index (χ1v) is 7.81. The van der Waals surface area contributed by atoms with E-state index in [2.05, 4.69) is 10.3 Å². The van der Waals surface area contributed by atoms with Crippen LogP contribution < -0.4 is 10.9 Å². The number of nitrogens with zero attached hydrogens (tertiary/aromatic N) is 2. The van der Waals surface area contributed by atoms with Crippen molar-refractivity contribution in [3.63, 3.8) is 0 Å². The Balaban J connectivity index is 2.16. The molecular formula is C18H17N3O4. The van der Waals surface area contributed by atoms with Crippen LogP contribution in [-0.4, -0.2) is 27.5 Å². The number of carbonyl (C=O) groups is 1. The number of ether oxygens (including phenoxy) is 1. The van der Waals surface area contributed by atoms with Gasteiger partial charge in [-0.15, -0.1) is 4.73 Å². The summed E-state index contributed by atoms with van der Waals surface area (Å²) in [7, 11) is 0. The molecule has 1 aromatic carbocycles. The Morgan fingerprint density at radius 1 is 1.24 bits per heavy atom. The molecule has 128 valence electrons. The molecule has 3 rings (SSSR count). The molecule has 7 heteroatoms. The van der Waals surface area contributed by atoms with Gasteiger partial charge in [0.15, 0.2) is 11.2 Å². The van der Waals surface area contributed by atoms with Gasteiger partial charge in [-0.25, -0.2) is 9.78 Å². The highest BCUT2D eigenvalue weighted by molar-refractivity contribution is 6.04. The summed E-state index contributed by atoms with van der Waals surface area (Å²) in [5.41, 5.74) is 0.209. The summed E-state index contributed by atoms with van der Waals surface area (Å²) in [6, 6.07) is 12.9. The van der Waals surface area contributed by atoms with Crippen molar-refractivity contribution >= 4 is 22.7 Å². The van der Waals surface area contributed by atoms with Gasteiger partial charge in [-0.2, -0.15) is 0 Å². The molecule has 0 spiro atoms. The highest BCUT2D eigenvalue weighted by Crippen LogP contribution is 2.24. The van der Waals surface area contributed by atoms with Crippen molar-refractivity contribution in [2.45, 2.75) is 13.5 Å². The number of rotatable bonds is 5. The second-order valence-electron chi connectivity index (χ2n) is 5.30. The van der Waals surface area contributed by atoms with Crippen molar-refractivity contribution < 1.29 is 14.7 Å². The van der Waals surface area contributed by atoms with Crippen LogP contribution in [0.5, 0.6) is 0 Å². The van der Waals surface area contributed by atoms with Gasteiger partial charge in [-0.3, -0.25) is 4.79 Å². The van der Waals surface area contributed by atoms with Crippen LogP contribution in [0.15, 0.2) is 53.5 Å². The number of nitrogens with one attached hydrogen (secondary N) is 1. The Morgan fingerprint density at radius 2 is 2.00 bits per heavy atom. The van der Waals surface area contributed by atoms with E-state index in [9.17, 15) is 14.8 Å². The zero-order valence-electron chi connectivity index (χ0n) is 13.6. The summed E-state index contributed by atoms with van der Waals surface area (Å²) < 4.78 is 5.35. The van der Waals surface area contributed by atoms with Crippen molar-refractivity contribution in [2.75, 3.05) is 11.9 Å². The summed E-state index contributed by atoms with van der Waals surface area (Å²) in [6.07, 6.45) is 1.46. The van der Waals surface area contributed by atoms with E-state index in [0.29, 0.717) is 22.3 Å². The maximum atomic E-state index is 12.5. The van der Waals surface area contributed by atoms with Gasteiger partial charge >= 0.3 is 11.5 Å². The Morgan fingerprint density at radius 3 is 2.72 bits per heavy atom. The zero-order valence-corrected chi connectivity index (χ0v) is 13.6. The SMILES string of the molecule is CCOC(=O)c1c(NCc2ccccc2)c2cccnc2n(O)c1=O. The second-order valence-corrected chi connectivity index (χ2v) is 5.30. The lowest BCUT2D eigenvalue weighted by atomic mass is 10.1. The fourth-order valence-corrected chi connectivity index (χ4v) is 2.57. The van der Waals surface area contributed by atoms with Crippen molar-refractivity contribution in [3.8, 4) is 0 Å². The van der Waals surface area contributed by atoms with Crippen molar-refractivity contribution in [3.05, 3.63) is 70.1 Å². The Bertz CT molecular complexity index is 967. The van der Waals surface area contributed by atoms with Crippen molar-refractivity contribution in [1.82, 2.24) is 9.71 Å². The zero-order chi connectivity index (χ0) is 17.8. The molecular weight excluding hydrogens is 322 g/mol. The average molecular weight is 339 g/mol. The summed E-state index contributed by atoms with van der Waals surface area (Å²) in [6.45, 7) is 2.16. The number of hydrogen-bond donors (Lipinski definition) is 2. The summed E-state index contributed by atoms with van der Waals surface area (Å²) in [4.78, 5) is 28.8. The third kappa shape index (κ3) is 3.16. The molecule has 0 saturated carbocycles. The first-order chi connectivity index (χ1) is 12.1. The molecule has 0 bridgehead atoms. The smallest absolute Gasteiger partial charge is 0.346 e. The van der Waals surface area contributed by atoms with Gasteiger partial charge in [0.05, 0.1) is 12.3 Å². The number of esters is 1. The minimum absolute atomic E-state index is 0.0658. The van der Waals surface area contributed by atoms with Crippen molar-refractivity contribution in [2.24, 2.45) is 0 Å². The lowest BCUT2D eigenvalue weighted by molar-refractivity contribution is 0.0520. The normalized spacial score (nSPS) is 10.6. The van der Waals surface area contributed by atoms with Gasteiger partial charge in [0.1, 0.15) is 0 Å². The Labute approximate surface area is 143 Å². The molecule has 0 aliphatic carbocycles. The van der Waals surface area contributed by atoms with E-state index in [1.807, 2.05) is 30.3 Å². The molecule has 0 fully saturated rings. The number of benzene rings is 1.